The van der Waals surface area contributed by atoms with E-state index in [1.807, 2.05) is 6.07 Å². The van der Waals surface area contributed by atoms with Crippen molar-refractivity contribution in [2.75, 3.05) is 10.0 Å². The lowest BCUT2D eigenvalue weighted by Crippen LogP contribution is -2.36. The monoisotopic (exact) mass is 312 g/mol. The summed E-state index contributed by atoms with van der Waals surface area (Å²) < 4.78 is 0. The fourth-order valence-electron chi connectivity index (χ4n) is 3.20. The molecule has 2 heteroatoms. The van der Waals surface area contributed by atoms with Crippen LogP contribution in [0.2, 0.25) is 0 Å². The molecule has 2 nitrogen and oxygen atoms in total. The van der Waals surface area contributed by atoms with E-state index >= 15 is 0 Å². The molecule has 0 saturated heterocycles. The maximum absolute atomic E-state index is 4.34. The van der Waals surface area contributed by atoms with Gasteiger partial charge in [-0.1, -0.05) is 72.8 Å². The number of hydrazine groups is 1. The lowest BCUT2D eigenvalue weighted by molar-refractivity contribution is 0.841. The minimum Gasteiger partial charge on any atom is -0.276 e. The fraction of sp³-hybridized carbons (Fsp3) is 0.0909. The molecule has 0 N–H and O–H groups in total. The average molecular weight is 312 g/mol. The number of hydrogen-bond donors (Lipinski definition) is 0. The first kappa shape index (κ1) is 14.6. The highest BCUT2D eigenvalue weighted by molar-refractivity contribution is 5.93. The molecule has 118 valence electrons. The van der Waals surface area contributed by atoms with Crippen molar-refractivity contribution in [3.63, 3.8) is 0 Å². The van der Waals surface area contributed by atoms with Gasteiger partial charge >= 0.3 is 0 Å². The van der Waals surface area contributed by atoms with Crippen molar-refractivity contribution in [2.24, 2.45) is 0 Å². The van der Waals surface area contributed by atoms with E-state index in [9.17, 15) is 0 Å². The van der Waals surface area contributed by atoms with Gasteiger partial charge in [0.05, 0.1) is 23.6 Å². The summed E-state index contributed by atoms with van der Waals surface area (Å²) in [5.41, 5.74) is 7.10. The van der Waals surface area contributed by atoms with Crippen molar-refractivity contribution >= 4 is 17.1 Å². The summed E-state index contributed by atoms with van der Waals surface area (Å²) in [7, 11) is 0. The van der Waals surface area contributed by atoms with E-state index in [4.69, 9.17) is 0 Å². The van der Waals surface area contributed by atoms with E-state index in [-0.39, 0.29) is 0 Å². The Kier molecular flexibility index (Phi) is 3.58. The zero-order valence-corrected chi connectivity index (χ0v) is 13.8. The summed E-state index contributed by atoms with van der Waals surface area (Å²) in [6.07, 6.45) is 0. The van der Waals surface area contributed by atoms with Crippen LogP contribution in [0.3, 0.4) is 0 Å². The van der Waals surface area contributed by atoms with Crippen LogP contribution < -0.4 is 10.0 Å². The Morgan fingerprint density at radius 2 is 1.46 bits per heavy atom. The first-order valence-corrected chi connectivity index (χ1v) is 8.20. The lowest BCUT2D eigenvalue weighted by atomic mass is 10.1. The third-order valence-electron chi connectivity index (χ3n) is 4.44. The molecule has 0 aliphatic carbocycles. The van der Waals surface area contributed by atoms with Crippen molar-refractivity contribution in [1.29, 1.82) is 0 Å². The second-order valence-corrected chi connectivity index (χ2v) is 6.15. The Balaban J connectivity index is 1.77. The zero-order valence-electron chi connectivity index (χ0n) is 13.8. The second kappa shape index (κ2) is 5.89. The Morgan fingerprint density at radius 1 is 0.792 bits per heavy atom. The average Bonchev–Trinajstić information content (AvgIpc) is 2.90. The highest BCUT2D eigenvalue weighted by Gasteiger charge is 2.30. The van der Waals surface area contributed by atoms with Gasteiger partial charge in [0.15, 0.2) is 0 Å². The summed E-state index contributed by atoms with van der Waals surface area (Å²) in [6.45, 7) is 7.27. The quantitative estimate of drug-likeness (QED) is 0.638. The molecule has 0 fully saturated rings. The van der Waals surface area contributed by atoms with Crippen LogP contribution in [0.15, 0.2) is 85.4 Å². The molecule has 3 aromatic rings. The molecule has 0 radical (unpaired) electrons. The molecule has 24 heavy (non-hydrogen) atoms. The molecule has 0 amide bonds. The van der Waals surface area contributed by atoms with Crippen LogP contribution in [0.5, 0.6) is 0 Å². The minimum absolute atomic E-state index is 0.811. The summed E-state index contributed by atoms with van der Waals surface area (Å²) in [4.78, 5) is 0. The third-order valence-corrected chi connectivity index (χ3v) is 4.44. The van der Waals surface area contributed by atoms with E-state index in [1.54, 1.807) is 0 Å². The largest absolute Gasteiger partial charge is 0.276 e. The van der Waals surface area contributed by atoms with Gasteiger partial charge < -0.3 is 0 Å². The fourth-order valence-corrected chi connectivity index (χ4v) is 3.20. The Morgan fingerprint density at radius 3 is 2.21 bits per heavy atom. The van der Waals surface area contributed by atoms with E-state index < -0.39 is 0 Å². The molecule has 4 rings (SSSR count). The van der Waals surface area contributed by atoms with E-state index in [1.165, 1.54) is 22.4 Å². The van der Waals surface area contributed by atoms with E-state index in [0.29, 0.717) is 0 Å². The van der Waals surface area contributed by atoms with Gasteiger partial charge in [-0.15, -0.1) is 0 Å². The smallest absolute Gasteiger partial charge is 0.0676 e. The standard InChI is InChI=1S/C22H20N2/c1-17-12-14-19(15-13-17)16-23-22-11-7-6-10-21(22)18(2)24(23)20-8-4-3-5-9-20/h3-15H,2,16H2,1H3. The third kappa shape index (κ3) is 2.46. The molecule has 1 heterocycles. The van der Waals surface area contributed by atoms with Crippen LogP contribution >= 0.6 is 0 Å². The van der Waals surface area contributed by atoms with Gasteiger partial charge in [-0.25, -0.2) is 0 Å². The van der Waals surface area contributed by atoms with Crippen LogP contribution in [-0.2, 0) is 6.54 Å². The predicted octanol–water partition coefficient (Wildman–Crippen LogP) is 5.41. The SMILES string of the molecule is C=C1c2ccccc2N(Cc2ccc(C)cc2)N1c1ccccc1. The molecule has 0 saturated carbocycles. The Bertz CT molecular complexity index is 866. The van der Waals surface area contributed by atoms with Gasteiger partial charge in [0, 0.05) is 5.56 Å². The number of rotatable bonds is 3. The molecule has 0 bridgehead atoms. The molecule has 0 unspecified atom stereocenters. The molecule has 0 atom stereocenters. The lowest BCUT2D eigenvalue weighted by Gasteiger charge is -2.32. The molecule has 0 spiro atoms. The van der Waals surface area contributed by atoms with Gasteiger partial charge in [-0.05, 0) is 30.7 Å². The van der Waals surface area contributed by atoms with Crippen molar-refractivity contribution in [2.45, 2.75) is 13.5 Å². The predicted molar refractivity (Wildman–Crippen MR) is 102 cm³/mol. The number of anilines is 2. The molecular weight excluding hydrogens is 292 g/mol. The molecule has 0 aromatic heterocycles. The van der Waals surface area contributed by atoms with E-state index in [0.717, 1.165) is 17.9 Å². The van der Waals surface area contributed by atoms with Crippen LogP contribution in [-0.4, -0.2) is 0 Å². The van der Waals surface area contributed by atoms with Gasteiger partial charge in [0.1, 0.15) is 0 Å². The molecule has 1 aliphatic rings. The molecular formula is C22H20N2. The summed E-state index contributed by atoms with van der Waals surface area (Å²) in [5.74, 6) is 0. The summed E-state index contributed by atoms with van der Waals surface area (Å²) in [5, 5.41) is 4.52. The van der Waals surface area contributed by atoms with Gasteiger partial charge in [-0.3, -0.25) is 10.0 Å². The highest BCUT2D eigenvalue weighted by atomic mass is 15.6. The van der Waals surface area contributed by atoms with Crippen LogP contribution in [0, 0.1) is 6.92 Å². The number of para-hydroxylation sites is 2. The summed E-state index contributed by atoms with van der Waals surface area (Å²) >= 11 is 0. The first-order chi connectivity index (χ1) is 11.7. The highest BCUT2D eigenvalue weighted by Crippen LogP contribution is 2.41. The van der Waals surface area contributed by atoms with Crippen LogP contribution in [0.25, 0.3) is 5.70 Å². The van der Waals surface area contributed by atoms with Crippen molar-refractivity contribution in [1.82, 2.24) is 0 Å². The molecule has 3 aromatic carbocycles. The van der Waals surface area contributed by atoms with Crippen molar-refractivity contribution in [3.05, 3.63) is 102 Å². The maximum atomic E-state index is 4.34. The van der Waals surface area contributed by atoms with Crippen LogP contribution in [0.1, 0.15) is 16.7 Å². The molecule has 1 aliphatic heterocycles. The van der Waals surface area contributed by atoms with Crippen LogP contribution in [0.4, 0.5) is 11.4 Å². The minimum atomic E-state index is 0.811. The number of aryl methyl sites for hydroxylation is 1. The first-order valence-electron chi connectivity index (χ1n) is 8.20. The van der Waals surface area contributed by atoms with Crippen molar-refractivity contribution in [3.8, 4) is 0 Å². The topological polar surface area (TPSA) is 6.48 Å². The number of fused-ring (bicyclic) bond motifs is 1. The Labute approximate surface area is 143 Å². The second-order valence-electron chi connectivity index (χ2n) is 6.15. The maximum Gasteiger partial charge on any atom is 0.0676 e. The van der Waals surface area contributed by atoms with Crippen molar-refractivity contribution < 1.29 is 0 Å². The Hall–Kier alpha value is -3.00. The number of hydrogen-bond acceptors (Lipinski definition) is 2. The normalized spacial score (nSPS) is 13.3. The van der Waals surface area contributed by atoms with Gasteiger partial charge in [0.2, 0.25) is 0 Å². The van der Waals surface area contributed by atoms with Gasteiger partial charge in [0.25, 0.3) is 0 Å². The van der Waals surface area contributed by atoms with E-state index in [2.05, 4.69) is 96.3 Å². The summed E-state index contributed by atoms with van der Waals surface area (Å²) in [6, 6.07) is 27.6. The van der Waals surface area contributed by atoms with Gasteiger partial charge in [-0.2, -0.15) is 0 Å². The number of nitrogens with zero attached hydrogens (tertiary/aromatic N) is 2. The number of benzene rings is 3. The zero-order chi connectivity index (χ0) is 16.5.